The number of carbonyl (C=O) groups excluding carboxylic acids is 1. The summed E-state index contributed by atoms with van der Waals surface area (Å²) in [6.07, 6.45) is 0.740. The van der Waals surface area contributed by atoms with E-state index in [1.807, 2.05) is 24.3 Å². The Kier molecular flexibility index (Phi) is 6.15. The van der Waals surface area contributed by atoms with Crippen molar-refractivity contribution in [3.05, 3.63) is 29.8 Å². The molecule has 1 atom stereocenters. The van der Waals surface area contributed by atoms with Gasteiger partial charge < -0.3 is 20.1 Å². The van der Waals surface area contributed by atoms with Crippen molar-refractivity contribution >= 4 is 6.03 Å². The molecule has 0 heterocycles. The first kappa shape index (κ1) is 15.3. The number of hydrogen-bond donors (Lipinski definition) is 2. The number of aliphatic hydroxyl groups is 1. The summed E-state index contributed by atoms with van der Waals surface area (Å²) >= 11 is 0. The number of ether oxygens (including phenoxy) is 1. The molecule has 0 aliphatic carbocycles. The minimum absolute atomic E-state index is 0.0419. The second kappa shape index (κ2) is 7.63. The van der Waals surface area contributed by atoms with E-state index in [9.17, 15) is 4.79 Å². The number of nitrogens with one attached hydrogen (secondary N) is 1. The maximum absolute atomic E-state index is 11.7. The van der Waals surface area contributed by atoms with Crippen molar-refractivity contribution in [1.29, 1.82) is 0 Å². The topological polar surface area (TPSA) is 61.8 Å². The van der Waals surface area contributed by atoms with Crippen LogP contribution in [-0.4, -0.2) is 49.4 Å². The van der Waals surface area contributed by atoms with Crippen molar-refractivity contribution in [1.82, 2.24) is 10.2 Å². The van der Waals surface area contributed by atoms with Gasteiger partial charge in [0.1, 0.15) is 5.75 Å². The fourth-order valence-corrected chi connectivity index (χ4v) is 1.59. The average molecular weight is 266 g/mol. The van der Waals surface area contributed by atoms with Crippen LogP contribution in [0.1, 0.15) is 12.5 Å². The molecule has 1 aromatic carbocycles. The summed E-state index contributed by atoms with van der Waals surface area (Å²) < 4.78 is 5.14. The highest BCUT2D eigenvalue weighted by atomic mass is 16.5. The van der Waals surface area contributed by atoms with E-state index >= 15 is 0 Å². The highest BCUT2D eigenvalue weighted by Gasteiger charge is 2.13. The fourth-order valence-electron chi connectivity index (χ4n) is 1.59. The van der Waals surface area contributed by atoms with E-state index in [1.165, 1.54) is 4.90 Å². The Labute approximate surface area is 114 Å². The number of rotatable bonds is 6. The summed E-state index contributed by atoms with van der Waals surface area (Å²) in [6, 6.07) is 7.40. The third kappa shape index (κ3) is 4.79. The zero-order chi connectivity index (χ0) is 14.3. The number of carbonyl (C=O) groups is 1. The molecule has 0 saturated heterocycles. The van der Waals surface area contributed by atoms with Crippen LogP contribution in [0.3, 0.4) is 0 Å². The molecular formula is C14H22N2O3. The summed E-state index contributed by atoms with van der Waals surface area (Å²) in [4.78, 5) is 13.2. The van der Waals surface area contributed by atoms with Gasteiger partial charge in [-0.3, -0.25) is 0 Å². The molecule has 5 nitrogen and oxygen atoms in total. The molecule has 1 aromatic rings. The lowest BCUT2D eigenvalue weighted by molar-refractivity contribution is 0.157. The molecule has 0 bridgehead atoms. The molecule has 5 heteroatoms. The minimum Gasteiger partial charge on any atom is -0.497 e. The van der Waals surface area contributed by atoms with Gasteiger partial charge in [0.15, 0.2) is 0 Å². The summed E-state index contributed by atoms with van der Waals surface area (Å²) in [5, 5.41) is 11.8. The molecule has 0 spiro atoms. The summed E-state index contributed by atoms with van der Waals surface area (Å²) in [7, 11) is 3.30. The number of methoxy groups -OCH3 is 1. The Balaban J connectivity index is 2.39. The second-order valence-electron chi connectivity index (χ2n) is 4.48. The smallest absolute Gasteiger partial charge is 0.317 e. The van der Waals surface area contributed by atoms with E-state index in [1.54, 1.807) is 21.1 Å². The number of urea groups is 1. The van der Waals surface area contributed by atoms with Crippen LogP contribution in [0.15, 0.2) is 24.3 Å². The Morgan fingerprint density at radius 2 is 2.26 bits per heavy atom. The Hall–Kier alpha value is -1.75. The first-order valence-electron chi connectivity index (χ1n) is 6.33. The van der Waals surface area contributed by atoms with E-state index in [2.05, 4.69) is 5.32 Å². The van der Waals surface area contributed by atoms with E-state index in [-0.39, 0.29) is 18.7 Å². The van der Waals surface area contributed by atoms with Gasteiger partial charge in [-0.15, -0.1) is 0 Å². The van der Waals surface area contributed by atoms with Gasteiger partial charge in [0, 0.05) is 13.6 Å². The van der Waals surface area contributed by atoms with Crippen LogP contribution in [-0.2, 0) is 6.42 Å². The molecule has 0 fully saturated rings. The normalized spacial score (nSPS) is 11.8. The van der Waals surface area contributed by atoms with E-state index < -0.39 is 0 Å². The van der Waals surface area contributed by atoms with Crippen LogP contribution in [0.25, 0.3) is 0 Å². The van der Waals surface area contributed by atoms with Crippen LogP contribution in [0, 0.1) is 0 Å². The first-order chi connectivity index (χ1) is 9.08. The maximum Gasteiger partial charge on any atom is 0.317 e. The number of hydrogen-bond acceptors (Lipinski definition) is 3. The molecule has 0 aliphatic rings. The summed E-state index contributed by atoms with van der Waals surface area (Å²) in [5.41, 5.74) is 1.11. The lowest BCUT2D eigenvalue weighted by Crippen LogP contribution is -2.44. The van der Waals surface area contributed by atoms with Crippen LogP contribution in [0.4, 0.5) is 4.79 Å². The summed E-state index contributed by atoms with van der Waals surface area (Å²) in [5.74, 6) is 0.815. The predicted octanol–water partition coefficient (Wildman–Crippen LogP) is 1.26. The van der Waals surface area contributed by atoms with E-state index in [0.717, 1.165) is 17.7 Å². The molecule has 0 saturated carbocycles. The van der Waals surface area contributed by atoms with Gasteiger partial charge in [0.25, 0.3) is 0 Å². The molecular weight excluding hydrogens is 244 g/mol. The zero-order valence-corrected chi connectivity index (χ0v) is 11.7. The van der Waals surface area contributed by atoms with Gasteiger partial charge in [0.05, 0.1) is 19.8 Å². The van der Waals surface area contributed by atoms with Gasteiger partial charge in [0.2, 0.25) is 0 Å². The largest absolute Gasteiger partial charge is 0.497 e. The molecule has 0 radical (unpaired) electrons. The summed E-state index contributed by atoms with van der Waals surface area (Å²) in [6.45, 7) is 2.30. The van der Waals surface area contributed by atoms with Crippen LogP contribution >= 0.6 is 0 Å². The fraction of sp³-hybridized carbons (Fsp3) is 0.500. The Bertz CT molecular complexity index is 409. The van der Waals surface area contributed by atoms with Crippen molar-refractivity contribution in [2.75, 3.05) is 27.3 Å². The van der Waals surface area contributed by atoms with Gasteiger partial charge in [-0.25, -0.2) is 4.79 Å². The standard InChI is InChI=1S/C14H22N2O3/c1-11(10-17)16(2)14(18)15-8-7-12-5-4-6-13(9-12)19-3/h4-6,9,11,17H,7-8,10H2,1-3H3,(H,15,18). The third-order valence-corrected chi connectivity index (χ3v) is 3.07. The Morgan fingerprint density at radius 3 is 2.89 bits per heavy atom. The van der Waals surface area contributed by atoms with E-state index in [4.69, 9.17) is 9.84 Å². The molecule has 1 rings (SSSR count). The van der Waals surface area contributed by atoms with Gasteiger partial charge in [-0.1, -0.05) is 12.1 Å². The monoisotopic (exact) mass is 266 g/mol. The van der Waals surface area contributed by atoms with Gasteiger partial charge in [-0.05, 0) is 31.0 Å². The molecule has 0 aliphatic heterocycles. The van der Waals surface area contributed by atoms with Crippen molar-refractivity contribution in [2.45, 2.75) is 19.4 Å². The third-order valence-electron chi connectivity index (χ3n) is 3.07. The van der Waals surface area contributed by atoms with Gasteiger partial charge in [-0.2, -0.15) is 0 Å². The minimum atomic E-state index is -0.184. The van der Waals surface area contributed by atoms with Crippen LogP contribution in [0.2, 0.25) is 0 Å². The molecule has 2 N–H and O–H groups in total. The average Bonchev–Trinajstić information content (AvgIpc) is 2.45. The molecule has 1 unspecified atom stereocenters. The maximum atomic E-state index is 11.7. The van der Waals surface area contributed by atoms with Crippen molar-refractivity contribution < 1.29 is 14.6 Å². The van der Waals surface area contributed by atoms with Crippen molar-refractivity contribution in [2.24, 2.45) is 0 Å². The van der Waals surface area contributed by atoms with Crippen LogP contribution < -0.4 is 10.1 Å². The first-order valence-corrected chi connectivity index (χ1v) is 6.33. The quantitative estimate of drug-likeness (QED) is 0.815. The number of amides is 2. The lowest BCUT2D eigenvalue weighted by atomic mass is 10.1. The van der Waals surface area contributed by atoms with Crippen molar-refractivity contribution in [3.8, 4) is 5.75 Å². The van der Waals surface area contributed by atoms with E-state index in [0.29, 0.717) is 6.54 Å². The molecule has 19 heavy (non-hydrogen) atoms. The number of likely N-dealkylation sites (N-methyl/N-ethyl adjacent to an activating group) is 1. The second-order valence-corrected chi connectivity index (χ2v) is 4.48. The van der Waals surface area contributed by atoms with Crippen molar-refractivity contribution in [3.63, 3.8) is 0 Å². The predicted molar refractivity (Wildman–Crippen MR) is 74.4 cm³/mol. The number of benzene rings is 1. The highest BCUT2D eigenvalue weighted by Crippen LogP contribution is 2.12. The molecule has 106 valence electrons. The lowest BCUT2D eigenvalue weighted by Gasteiger charge is -2.23. The molecule has 2 amide bonds. The SMILES string of the molecule is COc1cccc(CCNC(=O)N(C)C(C)CO)c1. The Morgan fingerprint density at radius 1 is 1.53 bits per heavy atom. The number of aliphatic hydroxyl groups excluding tert-OH is 1. The van der Waals surface area contributed by atoms with Crippen LogP contribution in [0.5, 0.6) is 5.75 Å². The number of nitrogens with zero attached hydrogens (tertiary/aromatic N) is 1. The highest BCUT2D eigenvalue weighted by molar-refractivity contribution is 5.74. The zero-order valence-electron chi connectivity index (χ0n) is 11.7. The molecule has 0 aromatic heterocycles. The van der Waals surface area contributed by atoms with Gasteiger partial charge >= 0.3 is 6.03 Å².